The smallest absolute Gasteiger partial charge is 0.248 e. The SMILES string of the molecule is O=c1ccc2ccc3ncncc3c2[nH]1. The molecule has 15 heavy (non-hydrogen) atoms. The Labute approximate surface area is 84.6 Å². The summed E-state index contributed by atoms with van der Waals surface area (Å²) < 4.78 is 0. The van der Waals surface area contributed by atoms with Crippen LogP contribution in [0.1, 0.15) is 0 Å². The summed E-state index contributed by atoms with van der Waals surface area (Å²) in [6.07, 6.45) is 3.20. The first-order valence-corrected chi connectivity index (χ1v) is 4.56. The van der Waals surface area contributed by atoms with Crippen molar-refractivity contribution < 1.29 is 0 Å². The number of benzene rings is 1. The number of aromatic amines is 1. The summed E-state index contributed by atoms with van der Waals surface area (Å²) in [5.74, 6) is 0. The molecule has 0 unspecified atom stereocenters. The van der Waals surface area contributed by atoms with E-state index in [4.69, 9.17) is 0 Å². The standard InChI is InChI=1S/C11H7N3O/c15-10-4-2-7-1-3-9-8(11(7)14-10)5-12-6-13-9/h1-6H,(H,14,15). The zero-order valence-corrected chi connectivity index (χ0v) is 7.77. The van der Waals surface area contributed by atoms with Crippen molar-refractivity contribution in [2.75, 3.05) is 0 Å². The van der Waals surface area contributed by atoms with Gasteiger partial charge in [0.25, 0.3) is 0 Å². The molecule has 0 aliphatic heterocycles. The molecule has 0 saturated carbocycles. The fourth-order valence-electron chi connectivity index (χ4n) is 1.68. The van der Waals surface area contributed by atoms with E-state index in [0.29, 0.717) is 0 Å². The number of aromatic nitrogens is 3. The summed E-state index contributed by atoms with van der Waals surface area (Å²) in [5, 5.41) is 1.85. The second kappa shape index (κ2) is 2.88. The maximum Gasteiger partial charge on any atom is 0.248 e. The molecule has 2 heterocycles. The average molecular weight is 197 g/mol. The molecule has 0 aliphatic rings. The van der Waals surface area contributed by atoms with Gasteiger partial charge in [-0.25, -0.2) is 9.97 Å². The fraction of sp³-hybridized carbons (Fsp3) is 0. The minimum absolute atomic E-state index is 0.112. The fourth-order valence-corrected chi connectivity index (χ4v) is 1.68. The van der Waals surface area contributed by atoms with Crippen molar-refractivity contribution in [2.45, 2.75) is 0 Å². The highest BCUT2D eigenvalue weighted by Gasteiger charge is 2.01. The Morgan fingerprint density at radius 3 is 2.93 bits per heavy atom. The van der Waals surface area contributed by atoms with E-state index in [-0.39, 0.29) is 5.56 Å². The highest BCUT2D eigenvalue weighted by Crippen LogP contribution is 2.19. The number of hydrogen-bond donors (Lipinski definition) is 1. The molecular weight excluding hydrogens is 190 g/mol. The van der Waals surface area contributed by atoms with E-state index in [1.807, 2.05) is 12.1 Å². The van der Waals surface area contributed by atoms with E-state index in [2.05, 4.69) is 15.0 Å². The molecule has 1 aromatic carbocycles. The molecule has 0 fully saturated rings. The summed E-state index contributed by atoms with van der Waals surface area (Å²) in [5.41, 5.74) is 1.51. The van der Waals surface area contributed by atoms with Gasteiger partial charge in [0.05, 0.1) is 11.0 Å². The van der Waals surface area contributed by atoms with Crippen LogP contribution < -0.4 is 5.56 Å². The molecular formula is C11H7N3O. The van der Waals surface area contributed by atoms with Crippen LogP contribution in [0.3, 0.4) is 0 Å². The largest absolute Gasteiger partial charge is 0.321 e. The number of fused-ring (bicyclic) bond motifs is 3. The van der Waals surface area contributed by atoms with Gasteiger partial charge in [-0.15, -0.1) is 0 Å². The lowest BCUT2D eigenvalue weighted by atomic mass is 10.1. The van der Waals surface area contributed by atoms with Crippen molar-refractivity contribution in [3.63, 3.8) is 0 Å². The molecule has 0 bridgehead atoms. The third-order valence-corrected chi connectivity index (χ3v) is 2.38. The molecule has 0 radical (unpaired) electrons. The van der Waals surface area contributed by atoms with Gasteiger partial charge < -0.3 is 4.98 Å². The quantitative estimate of drug-likeness (QED) is 0.555. The van der Waals surface area contributed by atoms with E-state index in [1.54, 1.807) is 12.3 Å². The van der Waals surface area contributed by atoms with Gasteiger partial charge >= 0.3 is 0 Å². The van der Waals surface area contributed by atoms with E-state index < -0.39 is 0 Å². The minimum Gasteiger partial charge on any atom is -0.321 e. The van der Waals surface area contributed by atoms with Crippen LogP contribution in [0.15, 0.2) is 41.6 Å². The maximum atomic E-state index is 11.2. The lowest BCUT2D eigenvalue weighted by molar-refractivity contribution is 1.22. The Bertz CT molecular complexity index is 703. The topological polar surface area (TPSA) is 58.6 Å². The van der Waals surface area contributed by atoms with Gasteiger partial charge in [-0.3, -0.25) is 4.79 Å². The Kier molecular flexibility index (Phi) is 1.56. The molecule has 72 valence electrons. The number of rotatable bonds is 0. The van der Waals surface area contributed by atoms with E-state index >= 15 is 0 Å². The summed E-state index contributed by atoms with van der Waals surface area (Å²) in [7, 11) is 0. The van der Waals surface area contributed by atoms with Crippen molar-refractivity contribution in [2.24, 2.45) is 0 Å². The molecule has 0 amide bonds. The number of nitrogens with zero attached hydrogens (tertiary/aromatic N) is 2. The Morgan fingerprint density at radius 1 is 1.13 bits per heavy atom. The van der Waals surface area contributed by atoms with Gasteiger partial charge in [-0.05, 0) is 17.5 Å². The van der Waals surface area contributed by atoms with Crippen molar-refractivity contribution in [3.8, 4) is 0 Å². The number of nitrogens with one attached hydrogen (secondary N) is 1. The molecule has 3 rings (SSSR count). The number of H-pyrrole nitrogens is 1. The Balaban J connectivity index is 2.63. The second-order valence-electron chi connectivity index (χ2n) is 3.31. The Hall–Kier alpha value is -2.23. The lowest BCUT2D eigenvalue weighted by Crippen LogP contribution is -2.02. The summed E-state index contributed by atoms with van der Waals surface area (Å²) >= 11 is 0. The molecule has 0 spiro atoms. The third kappa shape index (κ3) is 1.19. The van der Waals surface area contributed by atoms with E-state index in [9.17, 15) is 4.79 Å². The first-order valence-electron chi connectivity index (χ1n) is 4.56. The first kappa shape index (κ1) is 8.11. The highest BCUT2D eigenvalue weighted by atomic mass is 16.1. The van der Waals surface area contributed by atoms with Gasteiger partial charge in [-0.1, -0.05) is 6.07 Å². The van der Waals surface area contributed by atoms with Gasteiger partial charge in [0.2, 0.25) is 5.56 Å². The van der Waals surface area contributed by atoms with E-state index in [0.717, 1.165) is 21.8 Å². The third-order valence-electron chi connectivity index (χ3n) is 2.38. The van der Waals surface area contributed by atoms with Crippen LogP contribution in [-0.4, -0.2) is 15.0 Å². The Morgan fingerprint density at radius 2 is 2.00 bits per heavy atom. The van der Waals surface area contributed by atoms with Crippen LogP contribution in [0, 0.1) is 0 Å². The molecule has 4 heteroatoms. The number of hydrogen-bond acceptors (Lipinski definition) is 3. The first-order chi connectivity index (χ1) is 7.34. The maximum absolute atomic E-state index is 11.2. The van der Waals surface area contributed by atoms with Crippen LogP contribution in [-0.2, 0) is 0 Å². The molecule has 4 nitrogen and oxygen atoms in total. The normalized spacial score (nSPS) is 10.9. The molecule has 0 atom stereocenters. The molecule has 2 aromatic heterocycles. The minimum atomic E-state index is -0.112. The summed E-state index contributed by atoms with van der Waals surface area (Å²) in [4.78, 5) is 22.1. The van der Waals surface area contributed by atoms with Gasteiger partial charge in [0.1, 0.15) is 6.33 Å². The van der Waals surface area contributed by atoms with Crippen molar-refractivity contribution in [3.05, 3.63) is 47.1 Å². The molecule has 3 aromatic rings. The molecule has 0 saturated heterocycles. The van der Waals surface area contributed by atoms with Gasteiger partial charge in [0.15, 0.2) is 0 Å². The average Bonchev–Trinajstić information content (AvgIpc) is 2.29. The van der Waals surface area contributed by atoms with Crippen LogP contribution >= 0.6 is 0 Å². The predicted molar refractivity (Wildman–Crippen MR) is 57.7 cm³/mol. The van der Waals surface area contributed by atoms with Crippen molar-refractivity contribution >= 4 is 21.8 Å². The van der Waals surface area contributed by atoms with Gasteiger partial charge in [-0.2, -0.15) is 0 Å². The van der Waals surface area contributed by atoms with Crippen LogP contribution in [0.2, 0.25) is 0 Å². The summed E-state index contributed by atoms with van der Waals surface area (Å²) in [6, 6.07) is 7.15. The molecule has 1 N–H and O–H groups in total. The van der Waals surface area contributed by atoms with Gasteiger partial charge in [0, 0.05) is 17.6 Å². The number of pyridine rings is 1. The second-order valence-corrected chi connectivity index (χ2v) is 3.31. The lowest BCUT2D eigenvalue weighted by Gasteiger charge is -2.00. The summed E-state index contributed by atoms with van der Waals surface area (Å²) in [6.45, 7) is 0. The van der Waals surface area contributed by atoms with Crippen LogP contribution in [0.25, 0.3) is 21.8 Å². The molecule has 0 aliphatic carbocycles. The zero-order chi connectivity index (χ0) is 10.3. The predicted octanol–water partition coefficient (Wildman–Crippen LogP) is 1.47. The van der Waals surface area contributed by atoms with Crippen molar-refractivity contribution in [1.82, 2.24) is 15.0 Å². The zero-order valence-electron chi connectivity index (χ0n) is 7.77. The monoisotopic (exact) mass is 197 g/mol. The van der Waals surface area contributed by atoms with Crippen LogP contribution in [0.4, 0.5) is 0 Å². The van der Waals surface area contributed by atoms with Crippen LogP contribution in [0.5, 0.6) is 0 Å². The highest BCUT2D eigenvalue weighted by molar-refractivity contribution is 6.02. The van der Waals surface area contributed by atoms with E-state index in [1.165, 1.54) is 12.4 Å². The van der Waals surface area contributed by atoms with Crippen molar-refractivity contribution in [1.29, 1.82) is 0 Å².